The zero-order valence-electron chi connectivity index (χ0n) is 8.79. The standard InChI is InChI=1S/C11H12ClN3S/c12-10-9(7-13)16-11(15-10)14-6-5-8-3-1-2-4-8/h3H,1-2,4-6H2,(H,14,15). The van der Waals surface area contributed by atoms with Crippen LogP contribution >= 0.6 is 22.9 Å². The van der Waals surface area contributed by atoms with Crippen molar-refractivity contribution in [3.63, 3.8) is 0 Å². The Kier molecular flexibility index (Phi) is 3.81. The highest BCUT2D eigenvalue weighted by Crippen LogP contribution is 2.26. The second-order valence-corrected chi connectivity index (χ2v) is 5.04. The smallest absolute Gasteiger partial charge is 0.185 e. The van der Waals surface area contributed by atoms with Gasteiger partial charge in [-0.05, 0) is 25.7 Å². The van der Waals surface area contributed by atoms with Gasteiger partial charge < -0.3 is 5.32 Å². The first kappa shape index (κ1) is 11.4. The van der Waals surface area contributed by atoms with Gasteiger partial charge in [-0.3, -0.25) is 0 Å². The first-order chi connectivity index (χ1) is 7.79. The highest BCUT2D eigenvalue weighted by atomic mass is 35.5. The van der Waals surface area contributed by atoms with Gasteiger partial charge in [-0.25, -0.2) is 4.98 Å². The molecule has 1 aromatic rings. The topological polar surface area (TPSA) is 48.7 Å². The fraction of sp³-hybridized carbons (Fsp3) is 0.455. The van der Waals surface area contributed by atoms with Crippen LogP contribution in [0.1, 0.15) is 30.6 Å². The highest BCUT2D eigenvalue weighted by Gasteiger charge is 2.08. The van der Waals surface area contributed by atoms with Crippen LogP contribution in [0, 0.1) is 11.3 Å². The van der Waals surface area contributed by atoms with Gasteiger partial charge >= 0.3 is 0 Å². The fourth-order valence-corrected chi connectivity index (χ4v) is 2.71. The van der Waals surface area contributed by atoms with Crippen molar-refractivity contribution in [3.05, 3.63) is 21.7 Å². The SMILES string of the molecule is N#Cc1sc(NCCC2=CCCC2)nc1Cl. The molecule has 1 aliphatic rings. The maximum Gasteiger partial charge on any atom is 0.185 e. The minimum Gasteiger partial charge on any atom is -0.361 e. The Hall–Kier alpha value is -1.05. The number of thiazole rings is 1. The quantitative estimate of drug-likeness (QED) is 0.835. The van der Waals surface area contributed by atoms with E-state index in [0.717, 1.165) is 18.1 Å². The van der Waals surface area contributed by atoms with Gasteiger partial charge in [-0.1, -0.05) is 34.6 Å². The third kappa shape index (κ3) is 2.75. The molecule has 0 aliphatic heterocycles. The van der Waals surface area contributed by atoms with Gasteiger partial charge in [0, 0.05) is 6.54 Å². The summed E-state index contributed by atoms with van der Waals surface area (Å²) >= 11 is 7.08. The van der Waals surface area contributed by atoms with E-state index in [-0.39, 0.29) is 0 Å². The van der Waals surface area contributed by atoms with Crippen LogP contribution in [-0.2, 0) is 0 Å². The summed E-state index contributed by atoms with van der Waals surface area (Å²) < 4.78 is 0. The van der Waals surface area contributed by atoms with Crippen molar-refractivity contribution in [3.8, 4) is 6.07 Å². The Bertz CT molecular complexity index is 445. The molecule has 0 saturated carbocycles. The summed E-state index contributed by atoms with van der Waals surface area (Å²) in [7, 11) is 0. The summed E-state index contributed by atoms with van der Waals surface area (Å²) in [6.45, 7) is 0.862. The second-order valence-electron chi connectivity index (χ2n) is 3.68. The normalized spacial score (nSPS) is 14.6. The van der Waals surface area contributed by atoms with Crippen LogP contribution in [0.15, 0.2) is 11.6 Å². The molecule has 0 unspecified atom stereocenters. The number of anilines is 1. The Morgan fingerprint density at radius 2 is 2.50 bits per heavy atom. The van der Waals surface area contributed by atoms with E-state index < -0.39 is 0 Å². The summed E-state index contributed by atoms with van der Waals surface area (Å²) in [4.78, 5) is 4.55. The van der Waals surface area contributed by atoms with Crippen molar-refractivity contribution in [2.45, 2.75) is 25.7 Å². The third-order valence-corrected chi connectivity index (χ3v) is 3.85. The number of nitriles is 1. The molecule has 0 atom stereocenters. The predicted molar refractivity (Wildman–Crippen MR) is 66.9 cm³/mol. The molecule has 0 aromatic carbocycles. The lowest BCUT2D eigenvalue weighted by Crippen LogP contribution is -2.01. The van der Waals surface area contributed by atoms with Crippen LogP contribution in [0.5, 0.6) is 0 Å². The minimum absolute atomic E-state index is 0.301. The molecule has 1 aliphatic carbocycles. The van der Waals surface area contributed by atoms with Crippen LogP contribution in [0.25, 0.3) is 0 Å². The maximum atomic E-state index is 8.73. The lowest BCUT2D eigenvalue weighted by atomic mass is 10.2. The third-order valence-electron chi connectivity index (χ3n) is 2.54. The van der Waals surface area contributed by atoms with E-state index >= 15 is 0 Å². The second kappa shape index (κ2) is 5.33. The Balaban J connectivity index is 1.83. The van der Waals surface area contributed by atoms with Crippen molar-refractivity contribution in [2.75, 3.05) is 11.9 Å². The van der Waals surface area contributed by atoms with Crippen molar-refractivity contribution >= 4 is 28.1 Å². The summed E-state index contributed by atoms with van der Waals surface area (Å²) in [6, 6.07) is 2.02. The molecule has 2 rings (SSSR count). The highest BCUT2D eigenvalue weighted by molar-refractivity contribution is 7.16. The first-order valence-corrected chi connectivity index (χ1v) is 6.47. The van der Waals surface area contributed by atoms with Crippen molar-refractivity contribution in [2.24, 2.45) is 0 Å². The lowest BCUT2D eigenvalue weighted by molar-refractivity contribution is 0.863. The molecule has 0 saturated heterocycles. The van der Waals surface area contributed by atoms with Gasteiger partial charge in [0.15, 0.2) is 10.3 Å². The van der Waals surface area contributed by atoms with Gasteiger partial charge in [0.25, 0.3) is 0 Å². The summed E-state index contributed by atoms with van der Waals surface area (Å²) in [5.74, 6) is 0. The largest absolute Gasteiger partial charge is 0.361 e. The first-order valence-electron chi connectivity index (χ1n) is 5.28. The zero-order valence-corrected chi connectivity index (χ0v) is 10.4. The van der Waals surface area contributed by atoms with Crippen molar-refractivity contribution in [1.82, 2.24) is 4.98 Å². The summed E-state index contributed by atoms with van der Waals surface area (Å²) in [5.41, 5.74) is 1.52. The monoisotopic (exact) mass is 253 g/mol. The summed E-state index contributed by atoms with van der Waals surface area (Å²) in [5, 5.41) is 13.0. The minimum atomic E-state index is 0.301. The van der Waals surface area contributed by atoms with E-state index in [4.69, 9.17) is 16.9 Å². The average Bonchev–Trinajstić information content (AvgIpc) is 2.88. The molecular weight excluding hydrogens is 242 g/mol. The maximum absolute atomic E-state index is 8.73. The van der Waals surface area contributed by atoms with E-state index in [1.165, 1.54) is 36.2 Å². The Labute approximate surface area is 104 Å². The molecule has 0 fully saturated rings. The van der Waals surface area contributed by atoms with Gasteiger partial charge in [0.1, 0.15) is 10.9 Å². The number of halogens is 1. The molecule has 1 aromatic heterocycles. The molecule has 0 spiro atoms. The van der Waals surface area contributed by atoms with Crippen LogP contribution < -0.4 is 5.32 Å². The van der Waals surface area contributed by atoms with Crippen molar-refractivity contribution in [1.29, 1.82) is 5.26 Å². The van der Waals surface area contributed by atoms with Gasteiger partial charge in [0.2, 0.25) is 0 Å². The van der Waals surface area contributed by atoms with E-state index in [1.54, 1.807) is 0 Å². The molecule has 0 radical (unpaired) electrons. The Morgan fingerprint density at radius 3 is 3.12 bits per heavy atom. The zero-order chi connectivity index (χ0) is 11.4. The molecule has 1 heterocycles. The lowest BCUT2D eigenvalue weighted by Gasteiger charge is -2.02. The average molecular weight is 254 g/mol. The van der Waals surface area contributed by atoms with E-state index in [9.17, 15) is 0 Å². The van der Waals surface area contributed by atoms with Crippen LogP contribution in [-0.4, -0.2) is 11.5 Å². The number of nitrogens with one attached hydrogen (secondary N) is 1. The molecular formula is C11H12ClN3S. The van der Waals surface area contributed by atoms with E-state index in [0.29, 0.717) is 10.0 Å². The predicted octanol–water partition coefficient (Wildman–Crippen LogP) is 3.58. The fourth-order valence-electron chi connectivity index (χ4n) is 1.74. The molecule has 1 N–H and O–H groups in total. The number of hydrogen-bond acceptors (Lipinski definition) is 4. The number of nitrogens with zero attached hydrogens (tertiary/aromatic N) is 2. The van der Waals surface area contributed by atoms with Gasteiger partial charge in [-0.2, -0.15) is 5.26 Å². The van der Waals surface area contributed by atoms with Crippen LogP contribution in [0.4, 0.5) is 5.13 Å². The van der Waals surface area contributed by atoms with E-state index in [2.05, 4.69) is 16.4 Å². The molecule has 5 heteroatoms. The number of allylic oxidation sites excluding steroid dienone is 1. The molecule has 16 heavy (non-hydrogen) atoms. The Morgan fingerprint density at radius 1 is 1.62 bits per heavy atom. The molecule has 84 valence electrons. The van der Waals surface area contributed by atoms with Crippen LogP contribution in [0.3, 0.4) is 0 Å². The number of hydrogen-bond donors (Lipinski definition) is 1. The van der Waals surface area contributed by atoms with Gasteiger partial charge in [-0.15, -0.1) is 0 Å². The van der Waals surface area contributed by atoms with Crippen LogP contribution in [0.2, 0.25) is 5.15 Å². The number of rotatable bonds is 4. The van der Waals surface area contributed by atoms with Crippen molar-refractivity contribution < 1.29 is 0 Å². The number of aromatic nitrogens is 1. The molecule has 0 bridgehead atoms. The van der Waals surface area contributed by atoms with Gasteiger partial charge in [0.05, 0.1) is 0 Å². The summed E-state index contributed by atoms with van der Waals surface area (Å²) in [6.07, 6.45) is 7.11. The molecule has 3 nitrogen and oxygen atoms in total. The van der Waals surface area contributed by atoms with E-state index in [1.807, 2.05) is 6.07 Å². The molecule has 0 amide bonds.